The molecule has 270 valence electrons. The molecule has 52 heavy (non-hydrogen) atoms. The zero-order valence-electron chi connectivity index (χ0n) is 29.7. The Kier molecular flexibility index (Phi) is 10.6. The van der Waals surface area contributed by atoms with Gasteiger partial charge in [0.25, 0.3) is 0 Å². The summed E-state index contributed by atoms with van der Waals surface area (Å²) >= 11 is 0. The Balaban J connectivity index is 0.965. The number of hydrogen-bond donors (Lipinski definition) is 1. The molecule has 0 spiro atoms. The van der Waals surface area contributed by atoms with E-state index < -0.39 is 21.3 Å². The van der Waals surface area contributed by atoms with Gasteiger partial charge in [0.15, 0.2) is 0 Å². The van der Waals surface area contributed by atoms with Crippen molar-refractivity contribution in [3.8, 4) is 6.07 Å². The first-order valence-electron chi connectivity index (χ1n) is 18.5. The van der Waals surface area contributed by atoms with Crippen molar-refractivity contribution >= 4 is 21.6 Å². The van der Waals surface area contributed by atoms with Gasteiger partial charge in [0.05, 0.1) is 27.3 Å². The number of nitriles is 1. The van der Waals surface area contributed by atoms with Crippen LogP contribution in [0.25, 0.3) is 0 Å². The number of hydrogen-bond acceptors (Lipinski definition) is 8. The fourth-order valence-corrected chi connectivity index (χ4v) is 10.0. The van der Waals surface area contributed by atoms with E-state index in [4.69, 9.17) is 4.74 Å². The number of nitrogens with one attached hydrogen (secondary N) is 1. The number of ether oxygens (including phenoxy) is 1. The Hall–Kier alpha value is -4.72. The summed E-state index contributed by atoms with van der Waals surface area (Å²) < 4.78 is 32.1. The minimum Gasteiger partial charge on any atom is -0.446 e. The number of carbonyl (C=O) groups is 1. The van der Waals surface area contributed by atoms with Crippen molar-refractivity contribution in [2.45, 2.75) is 66.4 Å². The van der Waals surface area contributed by atoms with E-state index in [1.165, 1.54) is 24.5 Å². The van der Waals surface area contributed by atoms with Gasteiger partial charge in [0.2, 0.25) is 9.84 Å². The van der Waals surface area contributed by atoms with Crippen LogP contribution in [0.1, 0.15) is 56.2 Å². The van der Waals surface area contributed by atoms with Crippen LogP contribution in [0, 0.1) is 29.1 Å². The zero-order chi connectivity index (χ0) is 36.1. The first-order chi connectivity index (χ1) is 25.3. The molecule has 2 aliphatic heterocycles. The van der Waals surface area contributed by atoms with E-state index in [2.05, 4.69) is 38.3 Å². The van der Waals surface area contributed by atoms with Crippen LogP contribution in [0.15, 0.2) is 119 Å². The predicted molar refractivity (Wildman–Crippen MR) is 200 cm³/mol. The average molecular weight is 718 g/mol. The second-order valence-corrected chi connectivity index (χ2v) is 16.6. The van der Waals surface area contributed by atoms with Gasteiger partial charge >= 0.3 is 6.09 Å². The number of amides is 1. The van der Waals surface area contributed by atoms with Crippen LogP contribution in [-0.2, 0) is 20.0 Å². The lowest BCUT2D eigenvalue weighted by Crippen LogP contribution is -2.54. The Morgan fingerprint density at radius 2 is 1.54 bits per heavy atom. The van der Waals surface area contributed by atoms with Gasteiger partial charge in [-0.15, -0.1) is 0 Å². The Morgan fingerprint density at radius 1 is 0.904 bits per heavy atom. The van der Waals surface area contributed by atoms with Crippen molar-refractivity contribution in [1.29, 1.82) is 5.26 Å². The average Bonchev–Trinajstić information content (AvgIpc) is 3.63. The highest BCUT2D eigenvalue weighted by Gasteiger charge is 2.53. The molecule has 3 heterocycles. The van der Waals surface area contributed by atoms with E-state index in [9.17, 15) is 18.5 Å². The number of pyridine rings is 1. The maximum Gasteiger partial charge on any atom is 0.407 e. The molecule has 1 amide bonds. The largest absolute Gasteiger partial charge is 0.446 e. The molecule has 7 rings (SSSR count). The van der Waals surface area contributed by atoms with Crippen molar-refractivity contribution in [2.24, 2.45) is 17.8 Å². The van der Waals surface area contributed by atoms with Crippen molar-refractivity contribution in [3.05, 3.63) is 121 Å². The molecule has 3 fully saturated rings. The van der Waals surface area contributed by atoms with Crippen molar-refractivity contribution in [3.63, 3.8) is 0 Å². The van der Waals surface area contributed by atoms with Crippen LogP contribution < -0.4 is 10.2 Å². The second kappa shape index (κ2) is 15.5. The maximum atomic E-state index is 13.2. The summed E-state index contributed by atoms with van der Waals surface area (Å²) in [4.78, 5) is 22.5. The Bertz CT molecular complexity index is 1940. The molecule has 0 bridgehead atoms. The lowest BCUT2D eigenvalue weighted by Gasteiger charge is -2.48. The van der Waals surface area contributed by atoms with Crippen LogP contribution in [0.3, 0.4) is 0 Å². The first-order valence-corrected chi connectivity index (χ1v) is 20.0. The minimum absolute atomic E-state index is 0.0829. The molecule has 10 heteroatoms. The fourth-order valence-electron chi connectivity index (χ4n) is 8.79. The van der Waals surface area contributed by atoms with E-state index in [0.717, 1.165) is 81.6 Å². The van der Waals surface area contributed by atoms with Crippen molar-refractivity contribution in [1.82, 2.24) is 15.2 Å². The highest BCUT2D eigenvalue weighted by Crippen LogP contribution is 2.51. The van der Waals surface area contributed by atoms with Crippen LogP contribution in [0.2, 0.25) is 0 Å². The summed E-state index contributed by atoms with van der Waals surface area (Å²) in [5.74, 6) is 0.591. The summed E-state index contributed by atoms with van der Waals surface area (Å²) in [5, 5.41) is 14.2. The summed E-state index contributed by atoms with van der Waals surface area (Å²) in [6, 6.07) is 33.0. The Morgan fingerprint density at radius 3 is 2.19 bits per heavy atom. The third-order valence-electron chi connectivity index (χ3n) is 11.5. The minimum atomic E-state index is -3.57. The quantitative estimate of drug-likeness (QED) is 0.174. The zero-order valence-corrected chi connectivity index (χ0v) is 30.5. The van der Waals surface area contributed by atoms with Crippen LogP contribution in [-0.4, -0.2) is 63.2 Å². The molecule has 3 aromatic carbocycles. The molecule has 0 radical (unpaired) electrons. The number of rotatable bonds is 11. The van der Waals surface area contributed by atoms with Gasteiger partial charge in [-0.25, -0.2) is 13.2 Å². The lowest BCUT2D eigenvalue weighted by molar-refractivity contribution is 0.0289. The predicted octanol–water partition coefficient (Wildman–Crippen LogP) is 7.18. The smallest absolute Gasteiger partial charge is 0.407 e. The summed E-state index contributed by atoms with van der Waals surface area (Å²) in [7, 11) is -3.57. The molecule has 1 aliphatic carbocycles. The first kappa shape index (κ1) is 35.7. The molecule has 1 aromatic heterocycles. The normalized spacial score (nSPS) is 21.7. The van der Waals surface area contributed by atoms with Crippen LogP contribution in [0.4, 0.5) is 10.5 Å². The molecule has 1 N–H and O–H groups in total. The van der Waals surface area contributed by atoms with Gasteiger partial charge in [-0.2, -0.15) is 5.26 Å². The van der Waals surface area contributed by atoms with Crippen LogP contribution in [0.5, 0.6) is 0 Å². The third-order valence-corrected chi connectivity index (χ3v) is 13.3. The monoisotopic (exact) mass is 717 g/mol. The van der Waals surface area contributed by atoms with Gasteiger partial charge < -0.3 is 19.9 Å². The van der Waals surface area contributed by atoms with E-state index in [1.807, 2.05) is 67.6 Å². The number of aromatic nitrogens is 1. The van der Waals surface area contributed by atoms with Gasteiger partial charge in [-0.1, -0.05) is 60.7 Å². The van der Waals surface area contributed by atoms with E-state index in [0.29, 0.717) is 5.92 Å². The van der Waals surface area contributed by atoms with Gasteiger partial charge in [-0.3, -0.25) is 4.98 Å². The Labute approximate surface area is 307 Å². The molecule has 4 aromatic rings. The fraction of sp³-hybridized carbons (Fsp3) is 0.405. The van der Waals surface area contributed by atoms with Gasteiger partial charge in [-0.05, 0) is 106 Å². The number of anilines is 1. The van der Waals surface area contributed by atoms with E-state index in [-0.39, 0.29) is 33.8 Å². The van der Waals surface area contributed by atoms with E-state index >= 15 is 0 Å². The molecule has 2 saturated heterocycles. The number of piperidine rings is 1. The van der Waals surface area contributed by atoms with Crippen molar-refractivity contribution < 1.29 is 17.9 Å². The maximum absolute atomic E-state index is 13.2. The summed E-state index contributed by atoms with van der Waals surface area (Å²) in [6.45, 7) is 6.65. The topological polar surface area (TPSA) is 116 Å². The number of alkyl carbamates (subject to hydrolysis) is 1. The molecule has 4 atom stereocenters. The summed E-state index contributed by atoms with van der Waals surface area (Å²) in [5.41, 5.74) is 2.33. The van der Waals surface area contributed by atoms with Crippen molar-refractivity contribution in [2.75, 3.05) is 37.6 Å². The van der Waals surface area contributed by atoms with E-state index in [1.54, 1.807) is 12.1 Å². The number of nitrogens with zero attached hydrogens (tertiary/aromatic N) is 4. The SMILES string of the molecule is C[C@H](NC(=O)O[C@H]1CCC[C@@H]1C(C#N)(c1ccccc1)C1CCN(CC2CN(c3ccc(S(=O)(=O)c4ccncc4)cc3)C2)CC1)c1ccccc1. The van der Waals surface area contributed by atoms with Gasteiger partial charge in [0, 0.05) is 49.6 Å². The third kappa shape index (κ3) is 7.30. The molecular weight excluding hydrogens is 671 g/mol. The standard InChI is InChI=1S/C42H47N5O4S/c1-31(33-9-4-2-5-10-33)45-41(48)51-40-14-8-13-39(40)42(30-43,34-11-6-3-7-12-34)35-21-25-46(26-22-35)27-32-28-47(29-32)36-15-17-37(18-16-36)52(49,50)38-19-23-44-24-20-38/h2-7,9-12,15-20,23-24,31-32,35,39-40H,8,13-14,21-22,25-29H2,1H3,(H,45,48)/t31-,39-,40-,42?/m0/s1. The molecule has 1 saturated carbocycles. The molecular formula is C42H47N5O4S. The molecule has 9 nitrogen and oxygen atoms in total. The number of sulfone groups is 1. The number of benzene rings is 3. The lowest BCUT2D eigenvalue weighted by atomic mass is 9.59. The molecule has 1 unspecified atom stereocenters. The highest BCUT2D eigenvalue weighted by molar-refractivity contribution is 7.91. The second-order valence-electron chi connectivity index (χ2n) is 14.6. The number of likely N-dealkylation sites (tertiary alicyclic amines) is 1. The summed E-state index contributed by atoms with van der Waals surface area (Å²) in [6.07, 6.45) is 6.58. The van der Waals surface area contributed by atoms with Crippen LogP contribution >= 0.6 is 0 Å². The number of carbonyl (C=O) groups excluding carboxylic acids is 1. The molecule has 3 aliphatic rings. The highest BCUT2D eigenvalue weighted by atomic mass is 32.2. The van der Waals surface area contributed by atoms with Gasteiger partial charge in [0.1, 0.15) is 6.10 Å².